The molecule has 7 nitrogen and oxygen atoms in total. The van der Waals surface area contributed by atoms with Gasteiger partial charge in [-0.05, 0) is 85.4 Å². The Bertz CT molecular complexity index is 1900. The third kappa shape index (κ3) is 7.21. The monoisotopic (exact) mass is 632 g/mol. The molecule has 2 heterocycles. The van der Waals surface area contributed by atoms with Gasteiger partial charge in [-0.15, -0.1) is 0 Å². The maximum atomic E-state index is 12.7. The number of fused-ring (bicyclic) bond motifs is 1. The average Bonchev–Trinajstić information content (AvgIpc) is 3.56. The fourth-order valence-corrected chi connectivity index (χ4v) is 5.88. The van der Waals surface area contributed by atoms with Crippen LogP contribution in [0.5, 0.6) is 11.5 Å². The van der Waals surface area contributed by atoms with E-state index in [0.717, 1.165) is 65.5 Å². The molecule has 6 rings (SSSR count). The molecule has 5 aromatic rings. The largest absolute Gasteiger partial charge is 0.465 e. The van der Waals surface area contributed by atoms with E-state index in [1.54, 1.807) is 6.07 Å². The first kappa shape index (κ1) is 31.3. The Morgan fingerprint density at radius 3 is 2.50 bits per heavy atom. The lowest BCUT2D eigenvalue weighted by atomic mass is 9.97. The number of piperazine rings is 1. The zero-order valence-corrected chi connectivity index (χ0v) is 27.1. The maximum absolute atomic E-state index is 12.7. The fraction of sp³-hybridized carbons (Fsp3) is 0.237. The van der Waals surface area contributed by atoms with E-state index in [4.69, 9.17) is 21.1 Å². The number of H-pyrrole nitrogens is 1. The van der Waals surface area contributed by atoms with Gasteiger partial charge in [-0.2, -0.15) is 0 Å². The standard InChI is InChI=1S/C38H37ClN4O3/c1-41(2)19-5-6-27-9-15-32(28-10-12-30(39)13-11-28)29(24-27)26-42-20-22-43(23-21-42)31-14-16-34(38(44)45-3)37(25-31)46-36-8-4-7-35-33(36)17-18-40-35/h4,7-18,24-25,40H,19-23,26H2,1-3H3. The highest BCUT2D eigenvalue weighted by Crippen LogP contribution is 2.35. The highest BCUT2D eigenvalue weighted by Gasteiger charge is 2.22. The van der Waals surface area contributed by atoms with Crippen LogP contribution in [0.4, 0.5) is 5.69 Å². The third-order valence-electron chi connectivity index (χ3n) is 8.17. The second-order valence-corrected chi connectivity index (χ2v) is 12.1. The van der Waals surface area contributed by atoms with Crippen LogP contribution in [0.3, 0.4) is 0 Å². The van der Waals surface area contributed by atoms with Crippen molar-refractivity contribution in [3.63, 3.8) is 0 Å². The number of ether oxygens (including phenoxy) is 2. The van der Waals surface area contributed by atoms with Gasteiger partial charge < -0.3 is 19.4 Å². The fourth-order valence-electron chi connectivity index (χ4n) is 5.75. The van der Waals surface area contributed by atoms with E-state index in [-0.39, 0.29) is 0 Å². The van der Waals surface area contributed by atoms with Gasteiger partial charge in [0.15, 0.2) is 0 Å². The minimum absolute atomic E-state index is 0.390. The zero-order chi connectivity index (χ0) is 32.0. The first-order valence-electron chi connectivity index (χ1n) is 15.3. The highest BCUT2D eigenvalue weighted by molar-refractivity contribution is 6.30. The number of carbonyl (C=O) groups excluding carboxylic acids is 1. The summed E-state index contributed by atoms with van der Waals surface area (Å²) in [5.74, 6) is 7.31. The molecule has 46 heavy (non-hydrogen) atoms. The Kier molecular flexibility index (Phi) is 9.60. The molecule has 1 N–H and O–H groups in total. The van der Waals surface area contributed by atoms with Crippen molar-refractivity contribution < 1.29 is 14.3 Å². The smallest absolute Gasteiger partial charge is 0.341 e. The summed E-state index contributed by atoms with van der Waals surface area (Å²) >= 11 is 6.20. The molecule has 0 amide bonds. The molecule has 0 bridgehead atoms. The quantitative estimate of drug-likeness (QED) is 0.143. The number of aromatic amines is 1. The van der Waals surface area contributed by atoms with Gasteiger partial charge in [0.05, 0.1) is 13.7 Å². The topological polar surface area (TPSA) is 61.0 Å². The first-order chi connectivity index (χ1) is 22.4. The van der Waals surface area contributed by atoms with Crippen molar-refractivity contribution in [1.82, 2.24) is 14.8 Å². The van der Waals surface area contributed by atoms with Crippen LogP contribution in [0.1, 0.15) is 21.5 Å². The van der Waals surface area contributed by atoms with E-state index < -0.39 is 5.97 Å². The molecule has 4 aromatic carbocycles. The predicted octanol–water partition coefficient (Wildman–Crippen LogP) is 7.30. The SMILES string of the molecule is COC(=O)c1ccc(N2CCN(Cc3cc(C#CCN(C)C)ccc3-c3ccc(Cl)cc3)CC2)cc1Oc1cccc2[nH]ccc12. The summed E-state index contributed by atoms with van der Waals surface area (Å²) in [7, 11) is 5.43. The number of halogens is 1. The molecular weight excluding hydrogens is 596 g/mol. The molecule has 0 atom stereocenters. The predicted molar refractivity (Wildman–Crippen MR) is 186 cm³/mol. The first-order valence-corrected chi connectivity index (χ1v) is 15.7. The molecular formula is C38H37ClN4O3. The molecule has 1 aromatic heterocycles. The van der Waals surface area contributed by atoms with Gasteiger partial charge in [0.2, 0.25) is 0 Å². The van der Waals surface area contributed by atoms with Crippen molar-refractivity contribution >= 4 is 34.2 Å². The van der Waals surface area contributed by atoms with Gasteiger partial charge in [-0.3, -0.25) is 9.80 Å². The van der Waals surface area contributed by atoms with E-state index in [1.807, 2.05) is 68.8 Å². The number of aromatic nitrogens is 1. The van der Waals surface area contributed by atoms with Crippen molar-refractivity contribution in [1.29, 1.82) is 0 Å². The minimum atomic E-state index is -0.433. The lowest BCUT2D eigenvalue weighted by Crippen LogP contribution is -2.46. The second-order valence-electron chi connectivity index (χ2n) is 11.7. The van der Waals surface area contributed by atoms with Gasteiger partial charge in [0.25, 0.3) is 0 Å². The molecule has 1 fully saturated rings. The number of benzene rings is 4. The molecule has 0 radical (unpaired) electrons. The van der Waals surface area contributed by atoms with Crippen LogP contribution >= 0.6 is 11.6 Å². The van der Waals surface area contributed by atoms with Crippen molar-refractivity contribution in [3.05, 3.63) is 113 Å². The Balaban J connectivity index is 1.20. The number of methoxy groups -OCH3 is 1. The Hall–Kier alpha value is -4.74. The van der Waals surface area contributed by atoms with Crippen molar-refractivity contribution in [3.8, 4) is 34.5 Å². The zero-order valence-electron chi connectivity index (χ0n) is 26.3. The van der Waals surface area contributed by atoms with Crippen molar-refractivity contribution in [2.24, 2.45) is 0 Å². The van der Waals surface area contributed by atoms with Crippen LogP contribution in [0.25, 0.3) is 22.0 Å². The number of hydrogen-bond donors (Lipinski definition) is 1. The summed E-state index contributed by atoms with van der Waals surface area (Å²) < 4.78 is 11.4. The minimum Gasteiger partial charge on any atom is -0.465 e. The lowest BCUT2D eigenvalue weighted by molar-refractivity contribution is 0.0598. The Morgan fingerprint density at radius 2 is 1.74 bits per heavy atom. The van der Waals surface area contributed by atoms with Crippen molar-refractivity contribution in [2.45, 2.75) is 6.54 Å². The molecule has 0 unspecified atom stereocenters. The number of rotatable bonds is 8. The summed E-state index contributed by atoms with van der Waals surface area (Å²) in [5, 5.41) is 1.67. The number of nitrogens with one attached hydrogen (secondary N) is 1. The molecule has 8 heteroatoms. The van der Waals surface area contributed by atoms with Crippen molar-refractivity contribution in [2.75, 3.05) is 58.8 Å². The molecule has 1 aliphatic heterocycles. The lowest BCUT2D eigenvalue weighted by Gasteiger charge is -2.36. The molecule has 0 spiro atoms. The molecule has 234 valence electrons. The number of hydrogen-bond acceptors (Lipinski definition) is 6. The summed E-state index contributed by atoms with van der Waals surface area (Å²) in [6, 6.07) is 28.0. The van der Waals surface area contributed by atoms with E-state index in [0.29, 0.717) is 23.6 Å². The maximum Gasteiger partial charge on any atom is 0.341 e. The van der Waals surface area contributed by atoms with Crippen LogP contribution in [0.15, 0.2) is 91.1 Å². The van der Waals surface area contributed by atoms with Gasteiger partial charge in [-0.1, -0.05) is 47.7 Å². The highest BCUT2D eigenvalue weighted by atomic mass is 35.5. The van der Waals surface area contributed by atoms with Gasteiger partial charge in [0, 0.05) is 72.2 Å². The number of carbonyl (C=O) groups is 1. The normalized spacial score (nSPS) is 13.5. The molecule has 0 saturated carbocycles. The number of anilines is 1. The number of esters is 1. The van der Waals surface area contributed by atoms with Crippen LogP contribution in [0, 0.1) is 11.8 Å². The average molecular weight is 633 g/mol. The molecule has 1 aliphatic rings. The third-order valence-corrected chi connectivity index (χ3v) is 8.42. The van der Waals surface area contributed by atoms with E-state index in [1.165, 1.54) is 18.2 Å². The van der Waals surface area contributed by atoms with Gasteiger partial charge >= 0.3 is 5.97 Å². The Labute approximate surface area is 275 Å². The summed E-state index contributed by atoms with van der Waals surface area (Å²) in [4.78, 5) is 22.8. The van der Waals surface area contributed by atoms with Crippen LogP contribution in [-0.2, 0) is 11.3 Å². The van der Waals surface area contributed by atoms with Gasteiger partial charge in [0.1, 0.15) is 17.1 Å². The summed E-state index contributed by atoms with van der Waals surface area (Å²) in [6.07, 6.45) is 1.88. The molecule has 0 aliphatic carbocycles. The number of nitrogens with zero attached hydrogens (tertiary/aromatic N) is 3. The summed E-state index contributed by atoms with van der Waals surface area (Å²) in [6.45, 7) is 4.96. The van der Waals surface area contributed by atoms with Crippen LogP contribution < -0.4 is 9.64 Å². The van der Waals surface area contributed by atoms with E-state index in [9.17, 15) is 4.79 Å². The van der Waals surface area contributed by atoms with Crippen LogP contribution in [0.2, 0.25) is 5.02 Å². The van der Waals surface area contributed by atoms with Gasteiger partial charge in [-0.25, -0.2) is 4.79 Å². The van der Waals surface area contributed by atoms with E-state index in [2.05, 4.69) is 61.9 Å². The summed E-state index contributed by atoms with van der Waals surface area (Å²) in [5.41, 5.74) is 6.94. The Morgan fingerprint density at radius 1 is 0.935 bits per heavy atom. The van der Waals surface area contributed by atoms with Crippen LogP contribution in [-0.4, -0.2) is 74.7 Å². The molecule has 1 saturated heterocycles. The second kappa shape index (κ2) is 14.1. The van der Waals surface area contributed by atoms with E-state index >= 15 is 0 Å².